The molecule has 212 valence electrons. The van der Waals surface area contributed by atoms with Gasteiger partial charge in [0.15, 0.2) is 0 Å². The van der Waals surface area contributed by atoms with Gasteiger partial charge in [0.25, 0.3) is 5.91 Å². The summed E-state index contributed by atoms with van der Waals surface area (Å²) in [6.45, 7) is 0.839. The normalized spacial score (nSPS) is 19.2. The number of cyclic esters (lactones) is 1. The molecule has 12 heteroatoms. The molecular formula is C28H29ClFN3O6S. The third-order valence-electron chi connectivity index (χ3n) is 7.03. The van der Waals surface area contributed by atoms with E-state index in [1.807, 2.05) is 0 Å². The van der Waals surface area contributed by atoms with Gasteiger partial charge >= 0.3 is 6.09 Å². The number of amides is 2. The molecule has 3 aromatic rings. The van der Waals surface area contributed by atoms with Crippen molar-refractivity contribution in [2.75, 3.05) is 26.9 Å². The second-order valence-corrected chi connectivity index (χ2v) is 11.2. The van der Waals surface area contributed by atoms with E-state index in [0.717, 1.165) is 5.56 Å². The number of thiazole rings is 1. The van der Waals surface area contributed by atoms with Crippen molar-refractivity contribution in [1.82, 2.24) is 15.2 Å². The monoisotopic (exact) mass is 589 g/mol. The molecule has 1 aromatic heterocycles. The van der Waals surface area contributed by atoms with Crippen molar-refractivity contribution in [2.45, 2.75) is 44.1 Å². The van der Waals surface area contributed by atoms with E-state index in [1.54, 1.807) is 35.4 Å². The van der Waals surface area contributed by atoms with Crippen LogP contribution in [0, 0.1) is 5.82 Å². The summed E-state index contributed by atoms with van der Waals surface area (Å²) in [7, 11) is 1.52. The van der Waals surface area contributed by atoms with Crippen LogP contribution < -0.4 is 10.1 Å². The summed E-state index contributed by atoms with van der Waals surface area (Å²) in [6.07, 6.45) is 2.17. The van der Waals surface area contributed by atoms with Crippen LogP contribution in [-0.4, -0.2) is 72.1 Å². The van der Waals surface area contributed by atoms with E-state index in [0.29, 0.717) is 58.6 Å². The Morgan fingerprint density at radius 2 is 2.15 bits per heavy atom. The first kappa shape index (κ1) is 28.3. The van der Waals surface area contributed by atoms with Crippen molar-refractivity contribution in [3.63, 3.8) is 0 Å². The van der Waals surface area contributed by atoms with E-state index in [-0.39, 0.29) is 37.0 Å². The van der Waals surface area contributed by atoms with E-state index >= 15 is 4.39 Å². The number of methoxy groups -OCH3 is 1. The lowest BCUT2D eigenvalue weighted by atomic mass is 10.0. The first-order valence-corrected chi connectivity index (χ1v) is 14.1. The van der Waals surface area contributed by atoms with Gasteiger partial charge in [0.2, 0.25) is 0 Å². The third kappa shape index (κ3) is 6.38. The number of halogens is 2. The van der Waals surface area contributed by atoms with Crippen molar-refractivity contribution in [3.05, 3.63) is 69.6 Å². The van der Waals surface area contributed by atoms with Gasteiger partial charge in [-0.05, 0) is 29.8 Å². The summed E-state index contributed by atoms with van der Waals surface area (Å²) in [5, 5.41) is 13.5. The summed E-state index contributed by atoms with van der Waals surface area (Å²) in [6, 6.07) is 9.64. The van der Waals surface area contributed by atoms with E-state index in [9.17, 15) is 14.7 Å². The molecule has 0 radical (unpaired) electrons. The molecule has 5 rings (SSSR count). The molecule has 2 N–H and O–H groups in total. The van der Waals surface area contributed by atoms with Crippen LogP contribution in [0.3, 0.4) is 0 Å². The minimum atomic E-state index is -0.694. The summed E-state index contributed by atoms with van der Waals surface area (Å²) in [5.41, 5.74) is 1.14. The van der Waals surface area contributed by atoms with E-state index < -0.39 is 17.8 Å². The lowest BCUT2D eigenvalue weighted by Gasteiger charge is -2.33. The molecule has 0 spiro atoms. The summed E-state index contributed by atoms with van der Waals surface area (Å²) in [5.74, 6) is -0.924. The lowest BCUT2D eigenvalue weighted by molar-refractivity contribution is 0.0494. The number of carbonyl (C=O) groups excluding carboxylic acids is 2. The van der Waals surface area contributed by atoms with Gasteiger partial charge in [-0.2, -0.15) is 0 Å². The summed E-state index contributed by atoms with van der Waals surface area (Å²) < 4.78 is 32.2. The zero-order valence-corrected chi connectivity index (χ0v) is 23.3. The Kier molecular flexibility index (Phi) is 8.84. The number of hydrogen-bond donors (Lipinski definition) is 2. The number of piperidine rings is 1. The van der Waals surface area contributed by atoms with Crippen molar-refractivity contribution in [2.24, 2.45) is 0 Å². The Hall–Kier alpha value is -3.25. The Balaban J connectivity index is 1.40. The second-order valence-electron chi connectivity index (χ2n) is 9.69. The molecule has 2 aromatic carbocycles. The van der Waals surface area contributed by atoms with Gasteiger partial charge in [-0.3, -0.25) is 4.79 Å². The highest BCUT2D eigenvalue weighted by molar-refractivity contribution is 7.15. The number of aromatic nitrogens is 1. The average molecular weight is 590 g/mol. The number of hydrogen-bond acceptors (Lipinski definition) is 8. The number of nitrogens with one attached hydrogen (secondary N) is 1. The second kappa shape index (κ2) is 12.5. The van der Waals surface area contributed by atoms with Crippen LogP contribution in [0.2, 0.25) is 5.02 Å². The molecule has 0 bridgehead atoms. The Labute approximate surface area is 239 Å². The van der Waals surface area contributed by atoms with Gasteiger partial charge in [-0.1, -0.05) is 23.7 Å². The minimum absolute atomic E-state index is 0.0863. The fourth-order valence-electron chi connectivity index (χ4n) is 4.79. The lowest BCUT2D eigenvalue weighted by Crippen LogP contribution is -2.44. The number of nitrogens with zero attached hydrogens (tertiary/aromatic N) is 2. The Bertz CT molecular complexity index is 1370. The number of benzene rings is 2. The van der Waals surface area contributed by atoms with Crippen LogP contribution in [0.25, 0.3) is 10.4 Å². The fourth-order valence-corrected chi connectivity index (χ4v) is 5.92. The number of rotatable bonds is 10. The zero-order valence-electron chi connectivity index (χ0n) is 21.8. The van der Waals surface area contributed by atoms with Crippen LogP contribution in [-0.2, 0) is 22.4 Å². The van der Waals surface area contributed by atoms with Gasteiger partial charge in [0.1, 0.15) is 24.3 Å². The number of ether oxygens (including phenoxy) is 3. The third-order valence-corrected chi connectivity index (χ3v) is 8.34. The molecule has 0 aliphatic carbocycles. The molecule has 2 aliphatic rings. The Morgan fingerprint density at radius 1 is 1.35 bits per heavy atom. The number of aliphatic hydroxyl groups is 1. The van der Waals surface area contributed by atoms with Crippen LogP contribution in [0.15, 0.2) is 42.6 Å². The van der Waals surface area contributed by atoms with Crippen LogP contribution in [0.5, 0.6) is 5.75 Å². The maximum absolute atomic E-state index is 15.4. The van der Waals surface area contributed by atoms with Crippen LogP contribution >= 0.6 is 22.9 Å². The van der Waals surface area contributed by atoms with Crippen LogP contribution in [0.4, 0.5) is 9.18 Å². The molecule has 3 heterocycles. The predicted molar refractivity (Wildman–Crippen MR) is 147 cm³/mol. The molecule has 2 saturated heterocycles. The first-order valence-electron chi connectivity index (χ1n) is 12.9. The molecule has 0 saturated carbocycles. The maximum Gasteiger partial charge on any atom is 0.410 e. The average Bonchev–Trinajstić information content (AvgIpc) is 3.58. The number of carbonyl (C=O) groups is 2. The van der Waals surface area contributed by atoms with Gasteiger partial charge < -0.3 is 29.5 Å². The van der Waals surface area contributed by atoms with Crippen LogP contribution in [0.1, 0.15) is 33.8 Å². The van der Waals surface area contributed by atoms with Crippen molar-refractivity contribution < 1.29 is 33.3 Å². The van der Waals surface area contributed by atoms with Gasteiger partial charge in [-0.15, -0.1) is 11.3 Å². The SMILES string of the molecule is COC(CO)Cc1ncc(-c2cc(F)c(C(=O)NCc3ccc(Cl)cc3)cc2O[C@H]2CCN3C(=O)OC[C@@H]3C2)s1. The largest absolute Gasteiger partial charge is 0.490 e. The molecule has 2 fully saturated rings. The summed E-state index contributed by atoms with van der Waals surface area (Å²) in [4.78, 5) is 31.7. The van der Waals surface area contributed by atoms with E-state index in [1.165, 1.54) is 30.6 Å². The van der Waals surface area contributed by atoms with E-state index in [2.05, 4.69) is 10.3 Å². The Morgan fingerprint density at radius 3 is 2.90 bits per heavy atom. The van der Waals surface area contributed by atoms with Crippen molar-refractivity contribution in [3.8, 4) is 16.2 Å². The molecule has 1 unspecified atom stereocenters. The maximum atomic E-state index is 15.4. The number of aliphatic hydroxyl groups excluding tert-OH is 1. The highest BCUT2D eigenvalue weighted by Gasteiger charge is 2.39. The van der Waals surface area contributed by atoms with Crippen molar-refractivity contribution in [1.29, 1.82) is 0 Å². The molecule has 9 nitrogen and oxygen atoms in total. The standard InChI is InChI=1S/C28H29ClFN3O6S/c1-37-20(14-34)9-26-31-13-25(40-26)22-10-23(30)21(27(35)32-12-16-2-4-17(29)5-3-16)11-24(22)39-19-6-7-33-18(8-19)15-38-28(33)36/h2-5,10-11,13,18-20,34H,6-9,12,14-15H2,1H3,(H,32,35)/t18-,19-,20?/m0/s1. The molecule has 40 heavy (non-hydrogen) atoms. The minimum Gasteiger partial charge on any atom is -0.490 e. The molecule has 2 aliphatic heterocycles. The quantitative estimate of drug-likeness (QED) is 0.360. The topological polar surface area (TPSA) is 110 Å². The van der Waals surface area contributed by atoms with Gasteiger partial charge in [0, 0.05) is 56.2 Å². The van der Waals surface area contributed by atoms with Crippen molar-refractivity contribution >= 4 is 34.9 Å². The first-order chi connectivity index (χ1) is 19.3. The van der Waals surface area contributed by atoms with Gasteiger partial charge in [-0.25, -0.2) is 14.2 Å². The fraction of sp³-hybridized carbons (Fsp3) is 0.393. The molecular weight excluding hydrogens is 561 g/mol. The molecule has 2 amide bonds. The predicted octanol–water partition coefficient (Wildman–Crippen LogP) is 4.44. The van der Waals surface area contributed by atoms with Gasteiger partial charge in [0.05, 0.1) is 34.2 Å². The van der Waals surface area contributed by atoms with E-state index in [4.69, 9.17) is 25.8 Å². The smallest absolute Gasteiger partial charge is 0.410 e. The highest BCUT2D eigenvalue weighted by atomic mass is 35.5. The molecule has 3 atom stereocenters. The highest BCUT2D eigenvalue weighted by Crippen LogP contribution is 2.38. The summed E-state index contributed by atoms with van der Waals surface area (Å²) >= 11 is 7.27. The number of fused-ring (bicyclic) bond motifs is 1. The zero-order chi connectivity index (χ0) is 28.2.